The van der Waals surface area contributed by atoms with Gasteiger partial charge in [0.25, 0.3) is 0 Å². The van der Waals surface area contributed by atoms with E-state index in [9.17, 15) is 23.5 Å². The van der Waals surface area contributed by atoms with E-state index in [4.69, 9.17) is 0 Å². The molecule has 1 amide bonds. The zero-order valence-electron chi connectivity index (χ0n) is 19.5. The Morgan fingerprint density at radius 1 is 1.06 bits per heavy atom. The van der Waals surface area contributed by atoms with Gasteiger partial charge in [-0.05, 0) is 73.2 Å². The summed E-state index contributed by atoms with van der Waals surface area (Å²) < 4.78 is 25.3. The molecule has 1 aliphatic rings. The lowest BCUT2D eigenvalue weighted by Gasteiger charge is -2.41. The number of Topliss-reactive ketones (excluding diaryl/α,β-unsaturated/α-hetero) is 1. The molecule has 33 heavy (non-hydrogen) atoms. The van der Waals surface area contributed by atoms with Gasteiger partial charge >= 0.3 is 0 Å². The molecule has 6 heteroatoms. The predicted molar refractivity (Wildman–Crippen MR) is 129 cm³/mol. The number of allylic oxidation sites excluding steroid dienone is 2. The van der Waals surface area contributed by atoms with Crippen molar-refractivity contribution in [2.45, 2.75) is 46.6 Å². The van der Waals surface area contributed by atoms with E-state index in [0.717, 1.165) is 5.57 Å². The number of ketones is 1. The lowest BCUT2D eigenvalue weighted by Crippen LogP contribution is -2.53. The van der Waals surface area contributed by atoms with E-state index < -0.39 is 0 Å². The van der Waals surface area contributed by atoms with Crippen molar-refractivity contribution in [2.24, 2.45) is 0 Å². The highest BCUT2D eigenvalue weighted by atomic mass is 19.1. The first-order valence-corrected chi connectivity index (χ1v) is 10.8. The van der Waals surface area contributed by atoms with Crippen LogP contribution in [0.4, 0.5) is 14.5 Å². The highest BCUT2D eigenvalue weighted by Gasteiger charge is 2.38. The molecule has 2 aromatic carbocycles. The smallest absolute Gasteiger partial charge is 0.230 e. The molecule has 0 spiro atoms. The number of carbonyl (C=O) groups is 2. The van der Waals surface area contributed by atoms with Gasteiger partial charge in [0, 0.05) is 17.7 Å². The second-order valence-electron chi connectivity index (χ2n) is 6.87. The van der Waals surface area contributed by atoms with Gasteiger partial charge in [0.1, 0.15) is 17.4 Å². The molecule has 1 N–H and O–H groups in total. The van der Waals surface area contributed by atoms with E-state index in [1.54, 1.807) is 43.0 Å². The van der Waals surface area contributed by atoms with Crippen LogP contribution >= 0.6 is 0 Å². The summed E-state index contributed by atoms with van der Waals surface area (Å²) in [7, 11) is 0. The van der Waals surface area contributed by atoms with Crippen molar-refractivity contribution in [3.05, 3.63) is 102 Å². The molecule has 0 bridgehead atoms. The third-order valence-corrected chi connectivity index (χ3v) is 4.73. The summed E-state index contributed by atoms with van der Waals surface area (Å²) in [5.74, 6) is -0.478. The first kappa shape index (κ1) is 27.5. The van der Waals surface area contributed by atoms with Crippen LogP contribution in [0.5, 0.6) is 0 Å². The van der Waals surface area contributed by atoms with Crippen LogP contribution in [0.3, 0.4) is 0 Å². The van der Waals surface area contributed by atoms with E-state index in [1.165, 1.54) is 42.5 Å². The van der Waals surface area contributed by atoms with Crippen LogP contribution in [-0.4, -0.2) is 22.8 Å². The van der Waals surface area contributed by atoms with Crippen LogP contribution in [0.1, 0.15) is 50.9 Å². The number of anilines is 1. The second kappa shape index (κ2) is 13.8. The average molecular weight is 456 g/mol. The Balaban J connectivity index is 0.000000354. The van der Waals surface area contributed by atoms with Gasteiger partial charge in [-0.15, -0.1) is 0 Å². The summed E-state index contributed by atoms with van der Waals surface area (Å²) in [4.78, 5) is 24.3. The molecule has 1 saturated heterocycles. The summed E-state index contributed by atoms with van der Waals surface area (Å²) in [6, 6.07) is 11.2. The largest absolute Gasteiger partial charge is 0.508 e. The predicted octanol–water partition coefficient (Wildman–Crippen LogP) is 6.95. The van der Waals surface area contributed by atoms with Gasteiger partial charge in [0.05, 0.1) is 12.5 Å². The molecule has 0 saturated carbocycles. The van der Waals surface area contributed by atoms with Crippen LogP contribution in [0.25, 0.3) is 0 Å². The number of nitrogens with zero attached hydrogens (tertiary/aromatic N) is 1. The maximum atomic E-state index is 12.9. The molecule has 1 heterocycles. The van der Waals surface area contributed by atoms with E-state index in [2.05, 4.69) is 6.58 Å². The minimum Gasteiger partial charge on any atom is -0.508 e. The van der Waals surface area contributed by atoms with Crippen molar-refractivity contribution in [3.63, 3.8) is 0 Å². The molecule has 176 valence electrons. The molecule has 0 aromatic heterocycles. The summed E-state index contributed by atoms with van der Waals surface area (Å²) in [5.41, 5.74) is 1.95. The minimum atomic E-state index is -0.338. The molecule has 0 unspecified atom stereocenters. The number of aliphatic hydroxyl groups excluding tert-OH is 1. The molecule has 1 fully saturated rings. The van der Waals surface area contributed by atoms with Gasteiger partial charge < -0.3 is 10.0 Å². The second-order valence-corrected chi connectivity index (χ2v) is 6.87. The van der Waals surface area contributed by atoms with E-state index in [-0.39, 0.29) is 35.1 Å². The maximum Gasteiger partial charge on any atom is 0.230 e. The number of hydrogen-bond acceptors (Lipinski definition) is 3. The SMILES string of the molecule is C=C(/C=C\C(O)=C/C)[C@@H]1CC(=O)N1c1ccc(F)cc1.CC.CCC(=O)c1ccc(F)cc1. The monoisotopic (exact) mass is 455 g/mol. The van der Waals surface area contributed by atoms with Crippen molar-refractivity contribution in [1.82, 2.24) is 0 Å². The average Bonchev–Trinajstić information content (AvgIpc) is 2.83. The highest BCUT2D eigenvalue weighted by Crippen LogP contribution is 2.32. The molecule has 3 rings (SSSR count). The van der Waals surface area contributed by atoms with Crippen LogP contribution in [-0.2, 0) is 4.79 Å². The first-order valence-electron chi connectivity index (χ1n) is 10.8. The third-order valence-electron chi connectivity index (χ3n) is 4.73. The lowest BCUT2D eigenvalue weighted by atomic mass is 9.93. The number of benzene rings is 2. The fourth-order valence-corrected chi connectivity index (χ4v) is 2.88. The molecule has 2 aromatic rings. The van der Waals surface area contributed by atoms with Gasteiger partial charge in [-0.3, -0.25) is 9.59 Å². The van der Waals surface area contributed by atoms with Gasteiger partial charge in [-0.25, -0.2) is 8.78 Å². The Bertz CT molecular complexity index is 993. The van der Waals surface area contributed by atoms with Gasteiger partial charge in [0.15, 0.2) is 5.78 Å². The van der Waals surface area contributed by atoms with E-state index in [1.807, 2.05) is 13.8 Å². The Hall–Kier alpha value is -3.54. The topological polar surface area (TPSA) is 57.6 Å². The number of carbonyl (C=O) groups excluding carboxylic acids is 2. The summed E-state index contributed by atoms with van der Waals surface area (Å²) in [5, 5.41) is 9.36. The maximum absolute atomic E-state index is 12.9. The van der Waals surface area contributed by atoms with Crippen LogP contribution in [0.15, 0.2) is 84.7 Å². The van der Waals surface area contributed by atoms with Gasteiger partial charge in [-0.1, -0.05) is 33.4 Å². The zero-order valence-corrected chi connectivity index (χ0v) is 19.5. The third kappa shape index (κ3) is 8.15. The van der Waals surface area contributed by atoms with Gasteiger partial charge in [-0.2, -0.15) is 0 Å². The van der Waals surface area contributed by atoms with Crippen molar-refractivity contribution < 1.29 is 23.5 Å². The van der Waals surface area contributed by atoms with E-state index in [0.29, 0.717) is 24.1 Å². The minimum absolute atomic E-state index is 0.0218. The molecule has 1 atom stereocenters. The number of β-lactam (4-membered cyclic amide) rings is 1. The fraction of sp³-hybridized carbons (Fsp3) is 0.259. The van der Waals surface area contributed by atoms with Crippen molar-refractivity contribution >= 4 is 17.4 Å². The number of hydrogen-bond donors (Lipinski definition) is 1. The van der Waals surface area contributed by atoms with Crippen molar-refractivity contribution in [3.8, 4) is 0 Å². The molecule has 0 aliphatic carbocycles. The van der Waals surface area contributed by atoms with Crippen LogP contribution < -0.4 is 4.90 Å². The zero-order chi connectivity index (χ0) is 25.0. The molecule has 0 radical (unpaired) electrons. The Morgan fingerprint density at radius 2 is 1.58 bits per heavy atom. The summed E-state index contributed by atoms with van der Waals surface area (Å²) in [6.45, 7) is 11.4. The molecule has 1 aliphatic heterocycles. The first-order chi connectivity index (χ1) is 15.8. The number of rotatable bonds is 6. The van der Waals surface area contributed by atoms with Gasteiger partial charge in [0.2, 0.25) is 5.91 Å². The standard InChI is InChI=1S/C16H16FNO2.C9H9FO.C2H6/c1-3-14(19)9-4-11(2)15-10-16(20)18(15)13-7-5-12(17)6-8-13;1-2-9(11)7-3-5-8(10)6-4-7;1-2/h3-9,15,19H,2,10H2,1H3;3-6H,2H2,1H3;1-2H3/b9-4-,14-3+;;/t15-;;/m0../s1. The van der Waals surface area contributed by atoms with E-state index >= 15 is 0 Å². The number of aliphatic hydroxyl groups is 1. The molecule has 4 nitrogen and oxygen atoms in total. The van der Waals surface area contributed by atoms with Crippen molar-refractivity contribution in [2.75, 3.05) is 4.90 Å². The van der Waals surface area contributed by atoms with Crippen LogP contribution in [0.2, 0.25) is 0 Å². The quantitative estimate of drug-likeness (QED) is 0.222. The lowest BCUT2D eigenvalue weighted by molar-refractivity contribution is -0.123. The molecular formula is C27H31F2NO3. The van der Waals surface area contributed by atoms with Crippen molar-refractivity contribution in [1.29, 1.82) is 0 Å². The Kier molecular flexibility index (Phi) is 11.5. The fourth-order valence-electron chi connectivity index (χ4n) is 2.88. The number of amides is 1. The summed E-state index contributed by atoms with van der Waals surface area (Å²) in [6.07, 6.45) is 5.62. The normalized spacial score (nSPS) is 15.1. The highest BCUT2D eigenvalue weighted by molar-refractivity contribution is 6.02. The summed E-state index contributed by atoms with van der Waals surface area (Å²) >= 11 is 0. The molecular weight excluding hydrogens is 424 g/mol. The Labute approximate surface area is 194 Å². The Morgan fingerprint density at radius 3 is 2.03 bits per heavy atom. The van der Waals surface area contributed by atoms with Crippen LogP contribution in [0, 0.1) is 11.6 Å². The number of halogens is 2.